The Morgan fingerprint density at radius 3 is 2.83 bits per heavy atom. The molecule has 0 saturated carbocycles. The van der Waals surface area contributed by atoms with Gasteiger partial charge in [-0.05, 0) is 43.0 Å². The van der Waals surface area contributed by atoms with E-state index in [4.69, 9.17) is 16.7 Å². The second kappa shape index (κ2) is 8.99. The number of hydrogen-bond donors (Lipinski definition) is 3. The standard InChI is InChI=1S/C17H26ClN3O2/c1-2-13(8-10-22)11-19-17(23)20-15-7-9-21(12-15)16-5-3-14(18)4-6-16/h3-6,13,15,22H,2,7-12H2,1H3,(H2,19,20,23). The molecule has 0 radical (unpaired) electrons. The van der Waals surface area contributed by atoms with Crippen LogP contribution in [0.3, 0.4) is 0 Å². The molecule has 2 unspecified atom stereocenters. The number of benzene rings is 1. The highest BCUT2D eigenvalue weighted by Gasteiger charge is 2.24. The summed E-state index contributed by atoms with van der Waals surface area (Å²) in [4.78, 5) is 14.2. The first-order valence-corrected chi connectivity index (χ1v) is 8.66. The minimum Gasteiger partial charge on any atom is -0.396 e. The molecule has 5 nitrogen and oxygen atoms in total. The van der Waals surface area contributed by atoms with Crippen molar-refractivity contribution in [3.8, 4) is 0 Å². The maximum atomic E-state index is 12.0. The number of carbonyl (C=O) groups is 1. The highest BCUT2D eigenvalue weighted by atomic mass is 35.5. The van der Waals surface area contributed by atoms with Crippen LogP contribution in [-0.2, 0) is 0 Å². The van der Waals surface area contributed by atoms with E-state index >= 15 is 0 Å². The fourth-order valence-electron chi connectivity index (χ4n) is 2.87. The van der Waals surface area contributed by atoms with Gasteiger partial charge in [0.2, 0.25) is 0 Å². The smallest absolute Gasteiger partial charge is 0.315 e. The van der Waals surface area contributed by atoms with Crippen LogP contribution in [0.5, 0.6) is 0 Å². The number of urea groups is 1. The summed E-state index contributed by atoms with van der Waals surface area (Å²) in [6.45, 7) is 4.58. The molecule has 1 heterocycles. The van der Waals surface area contributed by atoms with Crippen molar-refractivity contribution in [2.75, 3.05) is 31.1 Å². The third-order valence-electron chi connectivity index (χ3n) is 4.38. The van der Waals surface area contributed by atoms with Crippen molar-refractivity contribution in [3.05, 3.63) is 29.3 Å². The van der Waals surface area contributed by atoms with Crippen LogP contribution in [0, 0.1) is 5.92 Å². The van der Waals surface area contributed by atoms with Crippen molar-refractivity contribution in [2.45, 2.75) is 32.2 Å². The van der Waals surface area contributed by atoms with E-state index in [1.807, 2.05) is 24.3 Å². The molecule has 3 N–H and O–H groups in total. The molecule has 1 aliphatic heterocycles. The number of amides is 2. The summed E-state index contributed by atoms with van der Waals surface area (Å²) in [6.07, 6.45) is 2.61. The predicted molar refractivity (Wildman–Crippen MR) is 94.1 cm³/mol. The molecular weight excluding hydrogens is 314 g/mol. The molecule has 1 aromatic carbocycles. The number of aliphatic hydroxyl groups is 1. The topological polar surface area (TPSA) is 64.6 Å². The summed E-state index contributed by atoms with van der Waals surface area (Å²) in [7, 11) is 0. The molecule has 1 saturated heterocycles. The van der Waals surface area contributed by atoms with Crippen molar-refractivity contribution >= 4 is 23.3 Å². The Morgan fingerprint density at radius 2 is 2.17 bits per heavy atom. The lowest BCUT2D eigenvalue weighted by Crippen LogP contribution is -2.44. The lowest BCUT2D eigenvalue weighted by molar-refractivity contribution is 0.228. The highest BCUT2D eigenvalue weighted by molar-refractivity contribution is 6.30. The molecule has 0 spiro atoms. The summed E-state index contributed by atoms with van der Waals surface area (Å²) in [5.74, 6) is 0.333. The first-order chi connectivity index (χ1) is 11.1. The van der Waals surface area contributed by atoms with E-state index in [0.717, 1.165) is 43.1 Å². The molecular formula is C17H26ClN3O2. The molecule has 128 valence electrons. The summed E-state index contributed by atoms with van der Waals surface area (Å²) in [5, 5.41) is 15.6. The Hall–Kier alpha value is -1.46. The van der Waals surface area contributed by atoms with Crippen LogP contribution >= 0.6 is 11.6 Å². The van der Waals surface area contributed by atoms with Gasteiger partial charge in [-0.15, -0.1) is 0 Å². The van der Waals surface area contributed by atoms with Crippen LogP contribution in [0.15, 0.2) is 24.3 Å². The lowest BCUT2D eigenvalue weighted by atomic mass is 10.0. The Balaban J connectivity index is 1.74. The van der Waals surface area contributed by atoms with Gasteiger partial charge in [0.1, 0.15) is 0 Å². The van der Waals surface area contributed by atoms with Gasteiger partial charge < -0.3 is 20.6 Å². The summed E-state index contributed by atoms with van der Waals surface area (Å²) >= 11 is 5.91. The van der Waals surface area contributed by atoms with Crippen LogP contribution < -0.4 is 15.5 Å². The molecule has 2 amide bonds. The fraction of sp³-hybridized carbons (Fsp3) is 0.588. The Kier molecular flexibility index (Phi) is 6.99. The first kappa shape index (κ1) is 17.9. The number of rotatable bonds is 7. The molecule has 0 bridgehead atoms. The normalized spacial score (nSPS) is 18.7. The van der Waals surface area contributed by atoms with Gasteiger partial charge in [-0.25, -0.2) is 4.79 Å². The number of nitrogens with zero attached hydrogens (tertiary/aromatic N) is 1. The van der Waals surface area contributed by atoms with Gasteiger partial charge in [0.15, 0.2) is 0 Å². The van der Waals surface area contributed by atoms with Crippen LogP contribution in [0.1, 0.15) is 26.2 Å². The molecule has 1 aliphatic rings. The van der Waals surface area contributed by atoms with Gasteiger partial charge in [-0.1, -0.05) is 24.9 Å². The molecule has 0 aliphatic carbocycles. The van der Waals surface area contributed by atoms with Crippen molar-refractivity contribution in [1.29, 1.82) is 0 Å². The second-order valence-electron chi connectivity index (χ2n) is 6.05. The van der Waals surface area contributed by atoms with E-state index in [1.54, 1.807) is 0 Å². The van der Waals surface area contributed by atoms with Crippen molar-refractivity contribution < 1.29 is 9.90 Å². The largest absolute Gasteiger partial charge is 0.396 e. The van der Waals surface area contributed by atoms with Crippen LogP contribution in [-0.4, -0.2) is 43.4 Å². The van der Waals surface area contributed by atoms with Crippen LogP contribution in [0.4, 0.5) is 10.5 Å². The maximum Gasteiger partial charge on any atom is 0.315 e. The van der Waals surface area contributed by atoms with E-state index in [9.17, 15) is 4.79 Å². The van der Waals surface area contributed by atoms with Gasteiger partial charge in [-0.3, -0.25) is 0 Å². The summed E-state index contributed by atoms with van der Waals surface area (Å²) in [5.41, 5.74) is 1.13. The zero-order valence-electron chi connectivity index (χ0n) is 13.6. The molecule has 0 aromatic heterocycles. The molecule has 2 rings (SSSR count). The van der Waals surface area contributed by atoms with E-state index < -0.39 is 0 Å². The van der Waals surface area contributed by atoms with Crippen LogP contribution in [0.2, 0.25) is 5.02 Å². The predicted octanol–water partition coefficient (Wildman–Crippen LogP) is 2.63. The van der Waals surface area contributed by atoms with Gasteiger partial charge >= 0.3 is 6.03 Å². The van der Waals surface area contributed by atoms with E-state index in [1.165, 1.54) is 0 Å². The van der Waals surface area contributed by atoms with Crippen molar-refractivity contribution in [2.24, 2.45) is 5.92 Å². The lowest BCUT2D eigenvalue weighted by Gasteiger charge is -2.20. The highest BCUT2D eigenvalue weighted by Crippen LogP contribution is 2.22. The summed E-state index contributed by atoms with van der Waals surface area (Å²) in [6, 6.07) is 7.82. The number of carbonyl (C=O) groups excluding carboxylic acids is 1. The quantitative estimate of drug-likeness (QED) is 0.715. The molecule has 23 heavy (non-hydrogen) atoms. The molecule has 1 fully saturated rings. The van der Waals surface area contributed by atoms with E-state index in [2.05, 4.69) is 22.5 Å². The van der Waals surface area contributed by atoms with E-state index in [0.29, 0.717) is 12.5 Å². The minimum absolute atomic E-state index is 0.121. The maximum absolute atomic E-state index is 12.0. The van der Waals surface area contributed by atoms with Gasteiger partial charge in [-0.2, -0.15) is 0 Å². The summed E-state index contributed by atoms with van der Waals surface area (Å²) < 4.78 is 0. The number of hydrogen-bond acceptors (Lipinski definition) is 3. The molecule has 6 heteroatoms. The van der Waals surface area contributed by atoms with Crippen LogP contribution in [0.25, 0.3) is 0 Å². The third kappa shape index (κ3) is 5.59. The van der Waals surface area contributed by atoms with Gasteiger partial charge in [0, 0.05) is 43.0 Å². The number of nitrogens with one attached hydrogen (secondary N) is 2. The Morgan fingerprint density at radius 1 is 1.43 bits per heavy atom. The molecule has 2 atom stereocenters. The van der Waals surface area contributed by atoms with Crippen molar-refractivity contribution in [1.82, 2.24) is 10.6 Å². The Bertz CT molecular complexity index is 495. The van der Waals surface area contributed by atoms with Crippen molar-refractivity contribution in [3.63, 3.8) is 0 Å². The third-order valence-corrected chi connectivity index (χ3v) is 4.63. The number of halogens is 1. The number of aliphatic hydroxyl groups excluding tert-OH is 1. The first-order valence-electron chi connectivity index (χ1n) is 8.28. The SMILES string of the molecule is CCC(CCO)CNC(=O)NC1CCN(c2ccc(Cl)cc2)C1. The average molecular weight is 340 g/mol. The zero-order chi connectivity index (χ0) is 16.7. The molecule has 1 aromatic rings. The van der Waals surface area contributed by atoms with Gasteiger partial charge in [0.05, 0.1) is 0 Å². The Labute approximate surface area is 143 Å². The second-order valence-corrected chi connectivity index (χ2v) is 6.49. The minimum atomic E-state index is -0.121. The number of anilines is 1. The van der Waals surface area contributed by atoms with Gasteiger partial charge in [0.25, 0.3) is 0 Å². The zero-order valence-corrected chi connectivity index (χ0v) is 14.4. The van der Waals surface area contributed by atoms with E-state index in [-0.39, 0.29) is 18.7 Å². The fourth-order valence-corrected chi connectivity index (χ4v) is 3.00. The monoisotopic (exact) mass is 339 g/mol. The average Bonchev–Trinajstić information content (AvgIpc) is 3.00.